The van der Waals surface area contributed by atoms with Gasteiger partial charge in [-0.2, -0.15) is 0 Å². The SMILES string of the molecule is CCCCCCCCCCC1CCCCC1(CCCCCCCCCC)C(=O)O. The van der Waals surface area contributed by atoms with E-state index in [1.165, 1.54) is 103 Å². The molecule has 2 atom stereocenters. The van der Waals surface area contributed by atoms with E-state index in [4.69, 9.17) is 0 Å². The summed E-state index contributed by atoms with van der Waals surface area (Å²) in [5, 5.41) is 10.2. The topological polar surface area (TPSA) is 37.3 Å². The summed E-state index contributed by atoms with van der Waals surface area (Å²) < 4.78 is 0. The van der Waals surface area contributed by atoms with Gasteiger partial charge in [-0.3, -0.25) is 4.79 Å². The summed E-state index contributed by atoms with van der Waals surface area (Å²) in [6.45, 7) is 4.53. The number of aliphatic carboxylic acids is 1. The molecule has 1 fully saturated rings. The minimum atomic E-state index is -0.482. The van der Waals surface area contributed by atoms with Crippen LogP contribution < -0.4 is 0 Å². The molecule has 2 heteroatoms. The molecule has 1 N–H and O–H groups in total. The van der Waals surface area contributed by atoms with Crippen molar-refractivity contribution in [3.8, 4) is 0 Å². The van der Waals surface area contributed by atoms with Crippen LogP contribution in [0.1, 0.15) is 155 Å². The van der Waals surface area contributed by atoms with E-state index >= 15 is 0 Å². The first kappa shape index (κ1) is 26.5. The van der Waals surface area contributed by atoms with Crippen molar-refractivity contribution in [1.29, 1.82) is 0 Å². The second-order valence-corrected chi connectivity index (χ2v) is 9.89. The van der Waals surface area contributed by atoms with Crippen LogP contribution in [0.5, 0.6) is 0 Å². The lowest BCUT2D eigenvalue weighted by molar-refractivity contribution is -0.156. The molecule has 1 aliphatic rings. The fourth-order valence-electron chi connectivity index (χ4n) is 5.55. The van der Waals surface area contributed by atoms with Crippen molar-refractivity contribution in [1.82, 2.24) is 0 Å². The van der Waals surface area contributed by atoms with Crippen LogP contribution in [0.3, 0.4) is 0 Å². The Morgan fingerprint density at radius 3 is 1.72 bits per heavy atom. The summed E-state index contributed by atoms with van der Waals surface area (Å²) in [6.07, 6.45) is 27.6. The maximum atomic E-state index is 12.4. The summed E-state index contributed by atoms with van der Waals surface area (Å²) in [7, 11) is 0. The van der Waals surface area contributed by atoms with E-state index in [0.29, 0.717) is 5.92 Å². The Balaban J connectivity index is 2.31. The first-order chi connectivity index (χ1) is 14.2. The van der Waals surface area contributed by atoms with Crippen molar-refractivity contribution in [3.63, 3.8) is 0 Å². The van der Waals surface area contributed by atoms with Crippen LogP contribution in [0.4, 0.5) is 0 Å². The highest BCUT2D eigenvalue weighted by Gasteiger charge is 2.45. The number of carbonyl (C=O) groups is 1. The molecule has 1 saturated carbocycles. The third-order valence-electron chi connectivity index (χ3n) is 7.52. The molecule has 0 heterocycles. The average Bonchev–Trinajstić information content (AvgIpc) is 2.72. The van der Waals surface area contributed by atoms with E-state index in [1.807, 2.05) is 0 Å². The van der Waals surface area contributed by atoms with E-state index in [-0.39, 0.29) is 0 Å². The largest absolute Gasteiger partial charge is 0.481 e. The van der Waals surface area contributed by atoms with Gasteiger partial charge in [0.2, 0.25) is 0 Å². The zero-order valence-electron chi connectivity index (χ0n) is 20.0. The second-order valence-electron chi connectivity index (χ2n) is 9.89. The van der Waals surface area contributed by atoms with Gasteiger partial charge in [0.05, 0.1) is 5.41 Å². The Kier molecular flexibility index (Phi) is 15.7. The molecule has 29 heavy (non-hydrogen) atoms. The highest BCUT2D eigenvalue weighted by molar-refractivity contribution is 5.75. The molecule has 0 amide bonds. The highest BCUT2D eigenvalue weighted by atomic mass is 16.4. The third kappa shape index (κ3) is 10.9. The van der Waals surface area contributed by atoms with Gasteiger partial charge in [-0.1, -0.05) is 129 Å². The Labute approximate surface area is 182 Å². The van der Waals surface area contributed by atoms with E-state index in [1.54, 1.807) is 0 Å². The fraction of sp³-hybridized carbons (Fsp3) is 0.963. The first-order valence-corrected chi connectivity index (χ1v) is 13.4. The monoisotopic (exact) mass is 408 g/mol. The lowest BCUT2D eigenvalue weighted by Crippen LogP contribution is -2.41. The summed E-state index contributed by atoms with van der Waals surface area (Å²) in [5.41, 5.74) is -0.401. The van der Waals surface area contributed by atoms with Gasteiger partial charge in [0.15, 0.2) is 0 Å². The lowest BCUT2D eigenvalue weighted by atomic mass is 9.62. The van der Waals surface area contributed by atoms with E-state index in [9.17, 15) is 9.90 Å². The van der Waals surface area contributed by atoms with Crippen LogP contribution in [0.2, 0.25) is 0 Å². The minimum Gasteiger partial charge on any atom is -0.481 e. The molecule has 0 saturated heterocycles. The second kappa shape index (κ2) is 17.2. The molecule has 172 valence electrons. The average molecular weight is 409 g/mol. The summed E-state index contributed by atoms with van der Waals surface area (Å²) >= 11 is 0. The van der Waals surface area contributed by atoms with Crippen LogP contribution in [-0.2, 0) is 4.79 Å². The summed E-state index contributed by atoms with van der Waals surface area (Å²) in [6, 6.07) is 0. The Bertz CT molecular complexity index is 392. The normalized spacial score (nSPS) is 22.1. The Morgan fingerprint density at radius 1 is 0.724 bits per heavy atom. The van der Waals surface area contributed by atoms with Crippen molar-refractivity contribution < 1.29 is 9.90 Å². The van der Waals surface area contributed by atoms with Crippen LogP contribution in [0.15, 0.2) is 0 Å². The molecule has 2 unspecified atom stereocenters. The zero-order valence-corrected chi connectivity index (χ0v) is 20.0. The van der Waals surface area contributed by atoms with E-state index in [2.05, 4.69) is 13.8 Å². The van der Waals surface area contributed by atoms with Gasteiger partial charge in [-0.15, -0.1) is 0 Å². The first-order valence-electron chi connectivity index (χ1n) is 13.4. The molecular formula is C27H52O2. The number of rotatable bonds is 19. The molecule has 0 radical (unpaired) electrons. The molecular weight excluding hydrogens is 356 g/mol. The standard InChI is InChI=1S/C27H52O2/c1-3-5-7-9-11-13-15-17-21-25-22-18-20-24-27(25,26(28)29)23-19-16-14-12-10-8-6-4-2/h25H,3-24H2,1-2H3,(H,28,29). The minimum absolute atomic E-state index is 0.401. The van der Waals surface area contributed by atoms with Crippen molar-refractivity contribution >= 4 is 5.97 Å². The number of hydrogen-bond donors (Lipinski definition) is 1. The Morgan fingerprint density at radius 2 is 1.21 bits per heavy atom. The predicted octanol–water partition coefficient (Wildman–Crippen LogP) is 9.31. The Hall–Kier alpha value is -0.530. The summed E-state index contributed by atoms with van der Waals surface area (Å²) in [5.74, 6) is -0.0527. The molecule has 0 aromatic rings. The van der Waals surface area contributed by atoms with Crippen molar-refractivity contribution in [3.05, 3.63) is 0 Å². The van der Waals surface area contributed by atoms with Gasteiger partial charge in [-0.25, -0.2) is 0 Å². The maximum Gasteiger partial charge on any atom is 0.309 e. The van der Waals surface area contributed by atoms with Gasteiger partial charge in [0, 0.05) is 0 Å². The molecule has 0 spiro atoms. The smallest absolute Gasteiger partial charge is 0.309 e. The number of carboxylic acid groups (broad SMARTS) is 1. The van der Waals surface area contributed by atoms with Crippen molar-refractivity contribution in [2.45, 2.75) is 155 Å². The van der Waals surface area contributed by atoms with E-state index < -0.39 is 11.4 Å². The van der Waals surface area contributed by atoms with E-state index in [0.717, 1.165) is 38.5 Å². The van der Waals surface area contributed by atoms with Crippen LogP contribution in [0.25, 0.3) is 0 Å². The zero-order chi connectivity index (χ0) is 21.2. The number of carboxylic acids is 1. The molecule has 0 aromatic heterocycles. The fourth-order valence-corrected chi connectivity index (χ4v) is 5.55. The quantitative estimate of drug-likeness (QED) is 0.216. The van der Waals surface area contributed by atoms with Crippen LogP contribution >= 0.6 is 0 Å². The van der Waals surface area contributed by atoms with Gasteiger partial charge in [-0.05, 0) is 31.6 Å². The van der Waals surface area contributed by atoms with Crippen molar-refractivity contribution in [2.24, 2.45) is 11.3 Å². The van der Waals surface area contributed by atoms with Crippen molar-refractivity contribution in [2.75, 3.05) is 0 Å². The number of hydrogen-bond acceptors (Lipinski definition) is 1. The third-order valence-corrected chi connectivity index (χ3v) is 7.52. The molecule has 1 aliphatic carbocycles. The van der Waals surface area contributed by atoms with Gasteiger partial charge >= 0.3 is 5.97 Å². The van der Waals surface area contributed by atoms with Crippen LogP contribution in [0, 0.1) is 11.3 Å². The van der Waals surface area contributed by atoms with Gasteiger partial charge in [0.1, 0.15) is 0 Å². The highest BCUT2D eigenvalue weighted by Crippen LogP contribution is 2.47. The predicted molar refractivity (Wildman–Crippen MR) is 126 cm³/mol. The van der Waals surface area contributed by atoms with Crippen LogP contribution in [-0.4, -0.2) is 11.1 Å². The maximum absolute atomic E-state index is 12.4. The van der Waals surface area contributed by atoms with Gasteiger partial charge in [0.25, 0.3) is 0 Å². The molecule has 2 nitrogen and oxygen atoms in total. The molecule has 0 aromatic carbocycles. The lowest BCUT2D eigenvalue weighted by Gasteiger charge is -2.41. The van der Waals surface area contributed by atoms with Gasteiger partial charge < -0.3 is 5.11 Å². The molecule has 0 aliphatic heterocycles. The summed E-state index contributed by atoms with van der Waals surface area (Å²) in [4.78, 5) is 12.4. The molecule has 0 bridgehead atoms. The number of unbranched alkanes of at least 4 members (excludes halogenated alkanes) is 14. The molecule has 1 rings (SSSR count).